The Bertz CT molecular complexity index is 1330. The van der Waals surface area contributed by atoms with Crippen molar-refractivity contribution < 1.29 is 14.5 Å². The molecule has 3 aromatic rings. The van der Waals surface area contributed by atoms with E-state index in [4.69, 9.17) is 4.74 Å². The summed E-state index contributed by atoms with van der Waals surface area (Å²) < 4.78 is 5.39. The van der Waals surface area contributed by atoms with Gasteiger partial charge in [-0.05, 0) is 81.1 Å². The van der Waals surface area contributed by atoms with E-state index in [1.165, 1.54) is 0 Å². The van der Waals surface area contributed by atoms with Gasteiger partial charge in [0, 0.05) is 16.9 Å². The highest BCUT2D eigenvalue weighted by Gasteiger charge is 2.47. The van der Waals surface area contributed by atoms with Crippen LogP contribution in [-0.2, 0) is 9.53 Å². The van der Waals surface area contributed by atoms with Crippen LogP contribution in [0, 0.1) is 37.8 Å². The van der Waals surface area contributed by atoms with Gasteiger partial charge in [-0.25, -0.2) is 4.79 Å². The summed E-state index contributed by atoms with van der Waals surface area (Å²) in [6, 6.07) is 19.8. The second-order valence-corrected chi connectivity index (χ2v) is 9.09. The van der Waals surface area contributed by atoms with Gasteiger partial charge in [-0.3, -0.25) is 10.1 Å². The predicted octanol–water partition coefficient (Wildman–Crippen LogP) is 5.78. The van der Waals surface area contributed by atoms with Crippen LogP contribution >= 0.6 is 0 Å². The van der Waals surface area contributed by atoms with Gasteiger partial charge in [-0.1, -0.05) is 42.5 Å². The highest BCUT2D eigenvalue weighted by Crippen LogP contribution is 2.39. The second kappa shape index (κ2) is 10.2. The van der Waals surface area contributed by atoms with Gasteiger partial charge in [-0.15, -0.1) is 0 Å². The van der Waals surface area contributed by atoms with Gasteiger partial charge in [0.1, 0.15) is 5.70 Å². The Morgan fingerprint density at radius 1 is 0.917 bits per heavy atom. The molecule has 0 fully saturated rings. The summed E-state index contributed by atoms with van der Waals surface area (Å²) in [7, 11) is 0. The number of ether oxygens (including phenoxy) is 1. The minimum Gasteiger partial charge on any atom is -0.464 e. The number of carbonyl (C=O) groups is 1. The fourth-order valence-electron chi connectivity index (χ4n) is 4.51. The maximum atomic E-state index is 13.3. The van der Waals surface area contributed by atoms with Crippen LogP contribution in [0.5, 0.6) is 0 Å². The first-order valence-electron chi connectivity index (χ1n) is 12.0. The molecule has 1 atom stereocenters. The quantitative estimate of drug-likeness (QED) is 0.250. The lowest BCUT2D eigenvalue weighted by Gasteiger charge is -2.42. The van der Waals surface area contributed by atoms with Gasteiger partial charge in [-0.2, -0.15) is 0 Å². The SMILES string of the molecule is CCOC(=O)C1C([N+](=O)[O-])=C(c2ccccc2)N(c2ccc(C)c(C)c2)CN1c1ccc(C)c(C)c1. The number of benzene rings is 3. The number of carbonyl (C=O) groups excluding carboxylic acids is 1. The van der Waals surface area contributed by atoms with Crippen LogP contribution in [0.4, 0.5) is 11.4 Å². The predicted molar refractivity (Wildman–Crippen MR) is 142 cm³/mol. The van der Waals surface area contributed by atoms with Gasteiger partial charge < -0.3 is 14.5 Å². The Balaban J connectivity index is 2.03. The molecule has 4 rings (SSSR count). The molecule has 7 nitrogen and oxygen atoms in total. The van der Waals surface area contributed by atoms with Gasteiger partial charge >= 0.3 is 11.7 Å². The summed E-state index contributed by atoms with van der Waals surface area (Å²) in [5, 5.41) is 12.7. The molecule has 1 heterocycles. The van der Waals surface area contributed by atoms with Crippen molar-refractivity contribution in [3.63, 3.8) is 0 Å². The second-order valence-electron chi connectivity index (χ2n) is 9.09. The fourth-order valence-corrected chi connectivity index (χ4v) is 4.51. The third kappa shape index (κ3) is 4.69. The lowest BCUT2D eigenvalue weighted by atomic mass is 9.98. The molecule has 1 aliphatic rings. The lowest BCUT2D eigenvalue weighted by Crippen LogP contribution is -2.55. The summed E-state index contributed by atoms with van der Waals surface area (Å²) in [5.41, 5.74) is 6.72. The molecular formula is C29H31N3O4. The third-order valence-electron chi connectivity index (χ3n) is 6.76. The standard InChI is InChI=1S/C29H31N3O4/c1-6-36-29(33)28-27(32(34)35)26(23-10-8-7-9-11-23)30(24-14-12-19(2)21(4)16-24)18-31(28)25-15-13-20(3)22(5)17-25/h7-17,28H,6,18H2,1-5H3. The summed E-state index contributed by atoms with van der Waals surface area (Å²) >= 11 is 0. The monoisotopic (exact) mass is 485 g/mol. The van der Waals surface area contributed by atoms with Crippen LogP contribution in [0.2, 0.25) is 0 Å². The number of aryl methyl sites for hydroxylation is 4. The number of nitrogens with zero attached hydrogens (tertiary/aromatic N) is 3. The number of anilines is 2. The normalized spacial score (nSPS) is 15.8. The average Bonchev–Trinajstić information content (AvgIpc) is 2.86. The van der Waals surface area contributed by atoms with Crippen LogP contribution < -0.4 is 9.80 Å². The molecule has 36 heavy (non-hydrogen) atoms. The number of hydrogen-bond acceptors (Lipinski definition) is 6. The molecule has 0 N–H and O–H groups in total. The van der Waals surface area contributed by atoms with E-state index in [-0.39, 0.29) is 19.0 Å². The van der Waals surface area contributed by atoms with E-state index >= 15 is 0 Å². The van der Waals surface area contributed by atoms with E-state index in [2.05, 4.69) is 0 Å². The van der Waals surface area contributed by atoms with Crippen molar-refractivity contribution in [2.75, 3.05) is 23.1 Å². The Morgan fingerprint density at radius 2 is 1.50 bits per heavy atom. The first-order valence-corrected chi connectivity index (χ1v) is 12.0. The van der Waals surface area contributed by atoms with Crippen molar-refractivity contribution in [2.24, 2.45) is 0 Å². The molecule has 0 bridgehead atoms. The first-order chi connectivity index (χ1) is 17.2. The Labute approximate surface area is 211 Å². The molecule has 0 amide bonds. The lowest BCUT2D eigenvalue weighted by molar-refractivity contribution is -0.428. The molecule has 0 spiro atoms. The first kappa shape index (κ1) is 25.0. The van der Waals surface area contributed by atoms with Crippen molar-refractivity contribution in [3.05, 3.63) is 110 Å². The minimum atomic E-state index is -1.21. The summed E-state index contributed by atoms with van der Waals surface area (Å²) in [6.07, 6.45) is 0. The number of hydrogen-bond donors (Lipinski definition) is 0. The zero-order valence-corrected chi connectivity index (χ0v) is 21.3. The molecule has 1 unspecified atom stereocenters. The van der Waals surface area contributed by atoms with Crippen LogP contribution in [0.25, 0.3) is 5.70 Å². The average molecular weight is 486 g/mol. The van der Waals surface area contributed by atoms with Gasteiger partial charge in [0.05, 0.1) is 18.2 Å². The van der Waals surface area contributed by atoms with Crippen molar-refractivity contribution in [1.29, 1.82) is 0 Å². The maximum Gasteiger partial charge on any atom is 0.340 e. The molecule has 0 radical (unpaired) electrons. The van der Waals surface area contributed by atoms with E-state index in [9.17, 15) is 14.9 Å². The third-order valence-corrected chi connectivity index (χ3v) is 6.76. The molecule has 0 saturated heterocycles. The summed E-state index contributed by atoms with van der Waals surface area (Å²) in [5.74, 6) is -0.643. The number of nitro groups is 1. The van der Waals surface area contributed by atoms with Gasteiger partial charge in [0.2, 0.25) is 6.04 Å². The molecular weight excluding hydrogens is 454 g/mol. The van der Waals surface area contributed by atoms with E-state index in [1.54, 1.807) is 11.8 Å². The number of esters is 1. The fraction of sp³-hybridized carbons (Fsp3) is 0.276. The highest BCUT2D eigenvalue weighted by molar-refractivity contribution is 5.93. The summed E-state index contributed by atoms with van der Waals surface area (Å²) in [4.78, 5) is 29.3. The zero-order chi connectivity index (χ0) is 26.0. The number of rotatable bonds is 6. The molecule has 0 aliphatic carbocycles. The van der Waals surface area contributed by atoms with Crippen molar-refractivity contribution in [2.45, 2.75) is 40.7 Å². The minimum absolute atomic E-state index is 0.128. The Hall–Kier alpha value is -4.13. The Morgan fingerprint density at radius 3 is 2.06 bits per heavy atom. The van der Waals surface area contributed by atoms with Crippen LogP contribution in [-0.4, -0.2) is 30.2 Å². The smallest absolute Gasteiger partial charge is 0.340 e. The molecule has 0 aromatic heterocycles. The zero-order valence-electron chi connectivity index (χ0n) is 21.3. The van der Waals surface area contributed by atoms with Gasteiger partial charge in [0.15, 0.2) is 0 Å². The van der Waals surface area contributed by atoms with Crippen molar-refractivity contribution in [3.8, 4) is 0 Å². The van der Waals surface area contributed by atoms with E-state index in [0.717, 1.165) is 33.6 Å². The van der Waals surface area contributed by atoms with E-state index in [1.807, 2.05) is 99.3 Å². The highest BCUT2D eigenvalue weighted by atomic mass is 16.6. The molecule has 7 heteroatoms. The topological polar surface area (TPSA) is 75.9 Å². The van der Waals surface area contributed by atoms with Crippen LogP contribution in [0.3, 0.4) is 0 Å². The van der Waals surface area contributed by atoms with E-state index < -0.39 is 16.9 Å². The maximum absolute atomic E-state index is 13.3. The molecule has 1 aliphatic heterocycles. The molecule has 0 saturated carbocycles. The van der Waals surface area contributed by atoms with Gasteiger partial charge in [0.25, 0.3) is 0 Å². The van der Waals surface area contributed by atoms with Crippen molar-refractivity contribution >= 4 is 23.0 Å². The Kier molecular flexibility index (Phi) is 7.10. The largest absolute Gasteiger partial charge is 0.464 e. The van der Waals surface area contributed by atoms with Crippen LogP contribution in [0.15, 0.2) is 72.4 Å². The van der Waals surface area contributed by atoms with Crippen molar-refractivity contribution in [1.82, 2.24) is 0 Å². The summed E-state index contributed by atoms with van der Waals surface area (Å²) in [6.45, 7) is 10.1. The molecule has 186 valence electrons. The molecule has 3 aromatic carbocycles. The van der Waals surface area contributed by atoms with E-state index in [0.29, 0.717) is 11.3 Å². The van der Waals surface area contributed by atoms with Crippen LogP contribution in [0.1, 0.15) is 34.7 Å².